The summed E-state index contributed by atoms with van der Waals surface area (Å²) >= 11 is 6.09. The maximum Gasteiger partial charge on any atom is 0.329 e. The van der Waals surface area contributed by atoms with Crippen LogP contribution in [0.15, 0.2) is 27.8 Å². The number of hydrogen-bond acceptors (Lipinski definition) is 5. The molecule has 0 amide bonds. The molecule has 10 heteroatoms. The summed E-state index contributed by atoms with van der Waals surface area (Å²) < 4.78 is 2.34. The maximum absolute atomic E-state index is 12.1. The van der Waals surface area contributed by atoms with Gasteiger partial charge in [0.05, 0.1) is 0 Å². The van der Waals surface area contributed by atoms with Crippen LogP contribution in [0.3, 0.4) is 0 Å². The topological polar surface area (TPSA) is 122 Å². The lowest BCUT2D eigenvalue weighted by Crippen LogP contribution is -2.29. The number of carboxylic acids is 1. The lowest BCUT2D eigenvalue weighted by Gasteiger charge is -2.09. The van der Waals surface area contributed by atoms with Crippen LogP contribution < -0.4 is 16.6 Å². The van der Waals surface area contributed by atoms with E-state index in [4.69, 9.17) is 16.7 Å². The van der Waals surface area contributed by atoms with E-state index in [0.717, 1.165) is 10.1 Å². The monoisotopic (exact) mass is 363 g/mol. The molecule has 0 aliphatic carbocycles. The van der Waals surface area contributed by atoms with Gasteiger partial charge in [0.1, 0.15) is 6.54 Å². The summed E-state index contributed by atoms with van der Waals surface area (Å²) in [6.07, 6.45) is 0. The first-order valence-electron chi connectivity index (χ1n) is 7.22. The van der Waals surface area contributed by atoms with Gasteiger partial charge in [-0.1, -0.05) is 17.7 Å². The normalized spacial score (nSPS) is 11.0. The summed E-state index contributed by atoms with van der Waals surface area (Å²) in [6.45, 7) is 1.35. The van der Waals surface area contributed by atoms with E-state index in [1.807, 2.05) is 6.92 Å². The average molecular weight is 364 g/mol. The molecule has 0 saturated carbocycles. The Bertz CT molecular complexity index is 1110. The van der Waals surface area contributed by atoms with Crippen molar-refractivity contribution in [3.05, 3.63) is 49.6 Å². The highest BCUT2D eigenvalue weighted by atomic mass is 35.5. The third kappa shape index (κ3) is 3.01. The van der Waals surface area contributed by atoms with Crippen LogP contribution in [0.4, 0.5) is 11.6 Å². The minimum Gasteiger partial charge on any atom is -0.480 e. The van der Waals surface area contributed by atoms with Crippen molar-refractivity contribution in [3.8, 4) is 0 Å². The zero-order valence-electron chi connectivity index (χ0n) is 13.3. The summed E-state index contributed by atoms with van der Waals surface area (Å²) in [4.78, 5) is 41.4. The maximum atomic E-state index is 12.1. The molecule has 2 aromatic heterocycles. The second-order valence-corrected chi connectivity index (χ2v) is 5.90. The fraction of sp³-hybridized carbons (Fsp3) is 0.200. The Morgan fingerprint density at radius 2 is 2.12 bits per heavy atom. The quantitative estimate of drug-likeness (QED) is 0.640. The van der Waals surface area contributed by atoms with Crippen LogP contribution in [0.1, 0.15) is 5.56 Å². The highest BCUT2D eigenvalue weighted by Gasteiger charge is 2.19. The number of anilines is 2. The Morgan fingerprint density at radius 1 is 1.40 bits per heavy atom. The summed E-state index contributed by atoms with van der Waals surface area (Å²) in [5.74, 6) is -1.04. The first kappa shape index (κ1) is 16.8. The lowest BCUT2D eigenvalue weighted by atomic mass is 10.2. The molecule has 9 nitrogen and oxygen atoms in total. The van der Waals surface area contributed by atoms with E-state index in [2.05, 4.69) is 15.3 Å². The number of imidazole rings is 1. The molecule has 3 aromatic rings. The van der Waals surface area contributed by atoms with Crippen LogP contribution in [0, 0.1) is 6.92 Å². The smallest absolute Gasteiger partial charge is 0.329 e. The molecule has 1 aromatic carbocycles. The first-order valence-corrected chi connectivity index (χ1v) is 7.60. The number of aliphatic carboxylic acids is 1. The minimum atomic E-state index is -1.16. The van der Waals surface area contributed by atoms with Crippen molar-refractivity contribution in [2.75, 3.05) is 5.32 Å². The van der Waals surface area contributed by atoms with Crippen molar-refractivity contribution in [1.82, 2.24) is 19.1 Å². The van der Waals surface area contributed by atoms with Gasteiger partial charge in [-0.3, -0.25) is 23.7 Å². The van der Waals surface area contributed by atoms with E-state index in [1.165, 1.54) is 11.6 Å². The predicted molar refractivity (Wildman–Crippen MR) is 92.7 cm³/mol. The number of carboxylic acid groups (broad SMARTS) is 1. The van der Waals surface area contributed by atoms with Gasteiger partial charge in [0.25, 0.3) is 5.56 Å². The Morgan fingerprint density at radius 3 is 2.76 bits per heavy atom. The Hall–Kier alpha value is -3.07. The first-order chi connectivity index (χ1) is 11.8. The van der Waals surface area contributed by atoms with Crippen molar-refractivity contribution in [3.63, 3.8) is 0 Å². The van der Waals surface area contributed by atoms with E-state index >= 15 is 0 Å². The largest absolute Gasteiger partial charge is 0.480 e. The molecule has 3 rings (SSSR count). The van der Waals surface area contributed by atoms with Gasteiger partial charge >= 0.3 is 11.7 Å². The van der Waals surface area contributed by atoms with Crippen molar-refractivity contribution in [1.29, 1.82) is 0 Å². The molecule has 0 bridgehead atoms. The Labute approximate surface area is 145 Å². The van der Waals surface area contributed by atoms with Gasteiger partial charge in [-0.2, -0.15) is 4.98 Å². The van der Waals surface area contributed by atoms with Gasteiger partial charge < -0.3 is 10.4 Å². The van der Waals surface area contributed by atoms with E-state index in [9.17, 15) is 14.4 Å². The number of hydrogen-bond donors (Lipinski definition) is 3. The Balaban J connectivity index is 2.22. The molecule has 130 valence electrons. The number of benzene rings is 1. The number of aromatic nitrogens is 4. The molecule has 0 spiro atoms. The van der Waals surface area contributed by atoms with Crippen molar-refractivity contribution in [2.24, 2.45) is 7.05 Å². The summed E-state index contributed by atoms with van der Waals surface area (Å²) in [5.41, 5.74) is 0.175. The number of aryl methyl sites for hydroxylation is 2. The number of carbonyl (C=O) groups is 1. The van der Waals surface area contributed by atoms with Gasteiger partial charge in [-0.05, 0) is 24.6 Å². The number of fused-ring (bicyclic) bond motifs is 1. The molecule has 2 heterocycles. The third-order valence-electron chi connectivity index (χ3n) is 3.73. The van der Waals surface area contributed by atoms with Crippen molar-refractivity contribution < 1.29 is 9.90 Å². The molecule has 0 fully saturated rings. The van der Waals surface area contributed by atoms with Crippen LogP contribution in [-0.4, -0.2) is 30.2 Å². The minimum absolute atomic E-state index is 0.00907. The molecule has 0 saturated heterocycles. The molecule has 25 heavy (non-hydrogen) atoms. The zero-order valence-corrected chi connectivity index (χ0v) is 14.1. The average Bonchev–Trinajstić information content (AvgIpc) is 2.87. The number of rotatable bonds is 4. The van der Waals surface area contributed by atoms with E-state index in [1.54, 1.807) is 18.2 Å². The van der Waals surface area contributed by atoms with Gasteiger partial charge in [0.2, 0.25) is 5.95 Å². The Kier molecular flexibility index (Phi) is 4.09. The zero-order chi connectivity index (χ0) is 18.3. The fourth-order valence-corrected chi connectivity index (χ4v) is 2.60. The van der Waals surface area contributed by atoms with E-state index < -0.39 is 23.8 Å². The number of aromatic amines is 1. The van der Waals surface area contributed by atoms with Gasteiger partial charge in [0.15, 0.2) is 11.2 Å². The number of nitrogens with zero attached hydrogens (tertiary/aromatic N) is 3. The molecule has 0 radical (unpaired) electrons. The third-order valence-corrected chi connectivity index (χ3v) is 4.14. The van der Waals surface area contributed by atoms with Crippen molar-refractivity contribution in [2.45, 2.75) is 13.5 Å². The summed E-state index contributed by atoms with van der Waals surface area (Å²) in [7, 11) is 1.44. The molecular weight excluding hydrogens is 350 g/mol. The van der Waals surface area contributed by atoms with Gasteiger partial charge in [-0.15, -0.1) is 0 Å². The molecular formula is C15H14ClN5O4. The lowest BCUT2D eigenvalue weighted by molar-refractivity contribution is -0.137. The highest BCUT2D eigenvalue weighted by Crippen LogP contribution is 2.24. The van der Waals surface area contributed by atoms with Crippen LogP contribution in [0.25, 0.3) is 11.2 Å². The number of H-pyrrole nitrogens is 1. The van der Waals surface area contributed by atoms with Crippen LogP contribution in [0.5, 0.6) is 0 Å². The SMILES string of the molecule is Cc1ccc(Nc2nc3c(c(=O)[nH]c(=O)n3C)n2CC(=O)O)cc1Cl. The molecule has 0 atom stereocenters. The fourth-order valence-electron chi connectivity index (χ4n) is 2.42. The van der Waals surface area contributed by atoms with Crippen LogP contribution in [0.2, 0.25) is 5.02 Å². The van der Waals surface area contributed by atoms with Gasteiger partial charge in [0, 0.05) is 17.8 Å². The second kappa shape index (κ2) is 6.10. The highest BCUT2D eigenvalue weighted by molar-refractivity contribution is 6.31. The van der Waals surface area contributed by atoms with E-state index in [0.29, 0.717) is 10.7 Å². The molecule has 0 aliphatic rings. The number of halogens is 1. The van der Waals surface area contributed by atoms with Crippen LogP contribution in [-0.2, 0) is 18.4 Å². The predicted octanol–water partition coefficient (Wildman–Crippen LogP) is 1.21. The molecule has 3 N–H and O–H groups in total. The second-order valence-electron chi connectivity index (χ2n) is 5.49. The molecule has 0 aliphatic heterocycles. The number of nitrogens with one attached hydrogen (secondary N) is 2. The molecule has 0 unspecified atom stereocenters. The summed E-state index contributed by atoms with van der Waals surface area (Å²) in [6, 6.07) is 5.19. The summed E-state index contributed by atoms with van der Waals surface area (Å²) in [5, 5.41) is 12.6. The van der Waals surface area contributed by atoms with Crippen molar-refractivity contribution >= 4 is 40.4 Å². The van der Waals surface area contributed by atoms with E-state index in [-0.39, 0.29) is 17.1 Å². The van der Waals surface area contributed by atoms with Gasteiger partial charge in [-0.25, -0.2) is 4.79 Å². The standard InChI is InChI=1S/C15H14ClN5O4/c1-7-3-4-8(5-9(7)16)17-14-18-12-11(21(14)6-10(22)23)13(24)19-15(25)20(12)2/h3-5H,6H2,1-2H3,(H,17,18)(H,22,23)(H,19,24,25). The van der Waals surface area contributed by atoms with Crippen LogP contribution >= 0.6 is 11.6 Å².